The Morgan fingerprint density at radius 1 is 1.04 bits per heavy atom. The Bertz CT molecular complexity index is 936. The number of nitrogens with zero attached hydrogens (tertiary/aromatic N) is 1. The average Bonchev–Trinajstić information content (AvgIpc) is 2.92. The van der Waals surface area contributed by atoms with Crippen LogP contribution >= 0.6 is 11.6 Å². The van der Waals surface area contributed by atoms with E-state index >= 15 is 0 Å². The van der Waals surface area contributed by atoms with E-state index in [1.54, 1.807) is 47.6 Å². The van der Waals surface area contributed by atoms with Crippen molar-refractivity contribution >= 4 is 33.2 Å². The summed E-state index contributed by atoms with van der Waals surface area (Å²) >= 11 is 5.94. The van der Waals surface area contributed by atoms with Gasteiger partial charge in [0, 0.05) is 29.4 Å². The molecule has 1 amide bonds. The van der Waals surface area contributed by atoms with Crippen molar-refractivity contribution in [3.05, 3.63) is 58.6 Å². The molecule has 0 saturated carbocycles. The van der Waals surface area contributed by atoms with E-state index in [1.807, 2.05) is 0 Å². The number of aryl methyl sites for hydroxylation is 1. The van der Waals surface area contributed by atoms with Crippen LogP contribution in [-0.4, -0.2) is 31.7 Å². The second kappa shape index (κ2) is 8.42. The Morgan fingerprint density at radius 3 is 2.41 bits per heavy atom. The fraction of sp³-hybridized carbons (Fsp3) is 0.350. The molecule has 27 heavy (non-hydrogen) atoms. The molecule has 1 fully saturated rings. The van der Waals surface area contributed by atoms with E-state index in [4.69, 9.17) is 11.6 Å². The largest absolute Gasteiger partial charge is 0.322 e. The lowest BCUT2D eigenvalue weighted by atomic mass is 10.1. The zero-order valence-electron chi connectivity index (χ0n) is 15.2. The number of carbonyl (C=O) groups excluding carboxylic acids is 1. The summed E-state index contributed by atoms with van der Waals surface area (Å²) < 4.78 is 27.8. The quantitative estimate of drug-likeness (QED) is 0.814. The van der Waals surface area contributed by atoms with Crippen molar-refractivity contribution in [3.63, 3.8) is 0 Å². The molecule has 2 aromatic rings. The van der Waals surface area contributed by atoms with Crippen LogP contribution in [0, 0.1) is 6.92 Å². The average molecular weight is 407 g/mol. The number of nitrogens with one attached hydrogen (secondary N) is 1. The molecule has 144 valence electrons. The first-order valence-corrected chi connectivity index (χ1v) is 10.9. The van der Waals surface area contributed by atoms with E-state index in [0.29, 0.717) is 34.9 Å². The molecule has 3 rings (SSSR count). The molecule has 1 aliphatic rings. The first-order valence-electron chi connectivity index (χ1n) is 9.05. The molecule has 0 aromatic heterocycles. The molecule has 1 aliphatic heterocycles. The van der Waals surface area contributed by atoms with Crippen LogP contribution in [0.4, 0.5) is 5.69 Å². The number of sulfonamides is 1. The van der Waals surface area contributed by atoms with Gasteiger partial charge in [0.05, 0.1) is 4.90 Å². The van der Waals surface area contributed by atoms with Gasteiger partial charge < -0.3 is 5.32 Å². The van der Waals surface area contributed by atoms with Crippen LogP contribution in [0.15, 0.2) is 47.4 Å². The SMILES string of the molecule is Cc1ccc(C(=O)Nc2cccc(Cl)c2)cc1S(=O)(=O)N1CCCCCC1. The van der Waals surface area contributed by atoms with Crippen molar-refractivity contribution < 1.29 is 13.2 Å². The van der Waals surface area contributed by atoms with Crippen LogP contribution in [-0.2, 0) is 10.0 Å². The van der Waals surface area contributed by atoms with Crippen LogP contribution in [0.1, 0.15) is 41.6 Å². The molecule has 0 bridgehead atoms. The molecule has 7 heteroatoms. The molecule has 0 atom stereocenters. The number of rotatable bonds is 4. The van der Waals surface area contributed by atoms with Crippen molar-refractivity contribution in [2.24, 2.45) is 0 Å². The predicted octanol–water partition coefficient (Wildman–Crippen LogP) is 4.47. The predicted molar refractivity (Wildman–Crippen MR) is 108 cm³/mol. The van der Waals surface area contributed by atoms with Gasteiger partial charge in [-0.25, -0.2) is 8.42 Å². The summed E-state index contributed by atoms with van der Waals surface area (Å²) in [4.78, 5) is 12.8. The van der Waals surface area contributed by atoms with Crippen molar-refractivity contribution in [3.8, 4) is 0 Å². The van der Waals surface area contributed by atoms with Gasteiger partial charge in [-0.05, 0) is 55.7 Å². The fourth-order valence-electron chi connectivity index (χ4n) is 3.21. The summed E-state index contributed by atoms with van der Waals surface area (Å²) in [6.07, 6.45) is 3.83. The van der Waals surface area contributed by atoms with E-state index in [-0.39, 0.29) is 10.8 Å². The minimum Gasteiger partial charge on any atom is -0.322 e. The van der Waals surface area contributed by atoms with Crippen molar-refractivity contribution in [2.75, 3.05) is 18.4 Å². The Kier molecular flexibility index (Phi) is 6.19. The fourth-order valence-corrected chi connectivity index (χ4v) is 5.17. The third-order valence-corrected chi connectivity index (χ3v) is 6.99. The van der Waals surface area contributed by atoms with Gasteiger partial charge in [-0.2, -0.15) is 4.31 Å². The molecule has 1 heterocycles. The third-order valence-electron chi connectivity index (χ3n) is 4.72. The van der Waals surface area contributed by atoms with Crippen LogP contribution < -0.4 is 5.32 Å². The molecule has 0 unspecified atom stereocenters. The Labute approximate surface area is 165 Å². The van der Waals surface area contributed by atoms with Crippen LogP contribution in [0.25, 0.3) is 0 Å². The van der Waals surface area contributed by atoms with Crippen molar-refractivity contribution in [1.29, 1.82) is 0 Å². The Hall–Kier alpha value is -1.89. The van der Waals surface area contributed by atoms with Gasteiger partial charge in [-0.3, -0.25) is 4.79 Å². The molecule has 1 N–H and O–H groups in total. The maximum absolute atomic E-state index is 13.1. The van der Waals surface area contributed by atoms with Crippen LogP contribution in [0.3, 0.4) is 0 Å². The molecule has 0 radical (unpaired) electrons. The summed E-state index contributed by atoms with van der Waals surface area (Å²) in [5.41, 5.74) is 1.50. The van der Waals surface area contributed by atoms with Gasteiger partial charge >= 0.3 is 0 Å². The minimum atomic E-state index is -3.62. The highest BCUT2D eigenvalue weighted by Gasteiger charge is 2.27. The van der Waals surface area contributed by atoms with Gasteiger partial charge in [-0.1, -0.05) is 36.6 Å². The highest BCUT2D eigenvalue weighted by Crippen LogP contribution is 2.25. The third kappa shape index (κ3) is 4.69. The van der Waals surface area contributed by atoms with E-state index in [1.165, 1.54) is 6.07 Å². The molecular weight excluding hydrogens is 384 g/mol. The number of carbonyl (C=O) groups is 1. The summed E-state index contributed by atoms with van der Waals surface area (Å²) in [5.74, 6) is -0.371. The number of hydrogen-bond acceptors (Lipinski definition) is 3. The molecule has 0 aliphatic carbocycles. The topological polar surface area (TPSA) is 66.5 Å². The standard InChI is InChI=1S/C20H23ClN2O3S/c1-15-9-10-16(20(24)22-18-8-6-7-17(21)14-18)13-19(15)27(25,26)23-11-4-2-3-5-12-23/h6-10,13-14H,2-5,11-12H2,1H3,(H,22,24). The van der Waals surface area contributed by atoms with E-state index in [0.717, 1.165) is 25.7 Å². The molecule has 1 saturated heterocycles. The normalized spacial score (nSPS) is 15.9. The van der Waals surface area contributed by atoms with E-state index < -0.39 is 10.0 Å². The van der Waals surface area contributed by atoms with E-state index in [2.05, 4.69) is 5.32 Å². The highest BCUT2D eigenvalue weighted by atomic mass is 35.5. The summed E-state index contributed by atoms with van der Waals surface area (Å²) in [6.45, 7) is 2.81. The number of benzene rings is 2. The summed E-state index contributed by atoms with van der Waals surface area (Å²) in [7, 11) is -3.62. The zero-order chi connectivity index (χ0) is 19.4. The maximum Gasteiger partial charge on any atom is 0.255 e. The smallest absolute Gasteiger partial charge is 0.255 e. The first-order chi connectivity index (χ1) is 12.9. The van der Waals surface area contributed by atoms with Gasteiger partial charge in [0.25, 0.3) is 5.91 Å². The van der Waals surface area contributed by atoms with E-state index in [9.17, 15) is 13.2 Å². The maximum atomic E-state index is 13.1. The number of halogens is 1. The lowest BCUT2D eigenvalue weighted by Crippen LogP contribution is -2.32. The minimum absolute atomic E-state index is 0.197. The molecular formula is C20H23ClN2O3S. The monoisotopic (exact) mass is 406 g/mol. The zero-order valence-corrected chi connectivity index (χ0v) is 16.8. The lowest BCUT2D eigenvalue weighted by Gasteiger charge is -2.21. The van der Waals surface area contributed by atoms with Gasteiger partial charge in [0.15, 0.2) is 0 Å². The molecule has 5 nitrogen and oxygen atoms in total. The van der Waals surface area contributed by atoms with Crippen molar-refractivity contribution in [2.45, 2.75) is 37.5 Å². The second-order valence-corrected chi connectivity index (χ2v) is 9.11. The first kappa shape index (κ1) is 19.9. The highest BCUT2D eigenvalue weighted by molar-refractivity contribution is 7.89. The molecule has 0 spiro atoms. The summed E-state index contributed by atoms with van der Waals surface area (Å²) in [6, 6.07) is 11.6. The summed E-state index contributed by atoms with van der Waals surface area (Å²) in [5, 5.41) is 3.27. The number of hydrogen-bond donors (Lipinski definition) is 1. The van der Waals surface area contributed by atoms with Gasteiger partial charge in [-0.15, -0.1) is 0 Å². The van der Waals surface area contributed by atoms with Gasteiger partial charge in [0.2, 0.25) is 10.0 Å². The second-order valence-electron chi connectivity index (χ2n) is 6.76. The van der Waals surface area contributed by atoms with Crippen LogP contribution in [0.2, 0.25) is 5.02 Å². The number of amides is 1. The van der Waals surface area contributed by atoms with Gasteiger partial charge in [0.1, 0.15) is 0 Å². The Balaban J connectivity index is 1.88. The lowest BCUT2D eigenvalue weighted by molar-refractivity contribution is 0.102. The number of anilines is 1. The van der Waals surface area contributed by atoms with Crippen molar-refractivity contribution in [1.82, 2.24) is 4.31 Å². The molecule has 2 aromatic carbocycles. The Morgan fingerprint density at radius 2 is 1.74 bits per heavy atom. The van der Waals surface area contributed by atoms with Crippen LogP contribution in [0.5, 0.6) is 0 Å².